The van der Waals surface area contributed by atoms with Gasteiger partial charge in [0.1, 0.15) is 0 Å². The van der Waals surface area contributed by atoms with Crippen LogP contribution in [0.2, 0.25) is 10.0 Å². The summed E-state index contributed by atoms with van der Waals surface area (Å²) in [5, 5.41) is 0.969. The number of nitrogens with zero attached hydrogens (tertiary/aromatic N) is 3. The van der Waals surface area contributed by atoms with Crippen LogP contribution in [0.15, 0.2) is 54.7 Å². The van der Waals surface area contributed by atoms with Crippen molar-refractivity contribution in [1.29, 1.82) is 0 Å². The molecule has 0 N–H and O–H groups in total. The standard InChI is InChI=1S/C19H15Cl2N3O/c1-24(12-13-6-8-15(20)16(21)10-13)19(25)9-7-14-11-22-17-4-2-3-5-18(17)23-14/h2-11H,12H2,1H3/b9-7+. The molecule has 0 atom stereocenters. The first-order valence-electron chi connectivity index (χ1n) is 7.62. The first kappa shape index (κ1) is 17.4. The molecule has 25 heavy (non-hydrogen) atoms. The fourth-order valence-electron chi connectivity index (χ4n) is 2.33. The third kappa shape index (κ3) is 4.35. The normalized spacial score (nSPS) is 11.2. The van der Waals surface area contributed by atoms with Gasteiger partial charge < -0.3 is 4.90 Å². The lowest BCUT2D eigenvalue weighted by molar-refractivity contribution is -0.125. The summed E-state index contributed by atoms with van der Waals surface area (Å²) < 4.78 is 0. The topological polar surface area (TPSA) is 46.1 Å². The molecule has 0 unspecified atom stereocenters. The van der Waals surface area contributed by atoms with E-state index in [1.165, 1.54) is 6.08 Å². The number of rotatable bonds is 4. The van der Waals surface area contributed by atoms with Gasteiger partial charge in [-0.15, -0.1) is 0 Å². The molecule has 3 aromatic rings. The van der Waals surface area contributed by atoms with Gasteiger partial charge in [0.2, 0.25) is 5.91 Å². The summed E-state index contributed by atoms with van der Waals surface area (Å²) in [5.41, 5.74) is 3.16. The van der Waals surface area contributed by atoms with Crippen LogP contribution in [-0.4, -0.2) is 27.8 Å². The molecule has 6 heteroatoms. The monoisotopic (exact) mass is 371 g/mol. The van der Waals surface area contributed by atoms with Crippen molar-refractivity contribution >= 4 is 46.2 Å². The average Bonchev–Trinajstić information content (AvgIpc) is 2.62. The van der Waals surface area contributed by atoms with E-state index in [1.807, 2.05) is 30.3 Å². The van der Waals surface area contributed by atoms with Crippen molar-refractivity contribution in [1.82, 2.24) is 14.9 Å². The lowest BCUT2D eigenvalue weighted by atomic mass is 10.2. The van der Waals surface area contributed by atoms with Crippen LogP contribution in [0.5, 0.6) is 0 Å². The van der Waals surface area contributed by atoms with Gasteiger partial charge in [0.05, 0.1) is 33.0 Å². The maximum Gasteiger partial charge on any atom is 0.246 e. The Labute approximate surface area is 155 Å². The Morgan fingerprint density at radius 2 is 1.88 bits per heavy atom. The summed E-state index contributed by atoms with van der Waals surface area (Å²) in [6.07, 6.45) is 4.79. The molecule has 3 rings (SSSR count). The number of carbonyl (C=O) groups is 1. The summed E-state index contributed by atoms with van der Waals surface area (Å²) in [6, 6.07) is 12.9. The zero-order chi connectivity index (χ0) is 17.8. The van der Waals surface area contributed by atoms with Crippen molar-refractivity contribution in [2.75, 3.05) is 7.05 Å². The Hall–Kier alpha value is -2.43. The quantitative estimate of drug-likeness (QED) is 0.629. The molecule has 0 saturated carbocycles. The van der Waals surface area contributed by atoms with E-state index in [1.54, 1.807) is 36.4 Å². The molecular formula is C19H15Cl2N3O. The predicted octanol–water partition coefficient (Wildman–Crippen LogP) is 4.61. The first-order valence-corrected chi connectivity index (χ1v) is 8.37. The lowest BCUT2D eigenvalue weighted by Gasteiger charge is -2.15. The number of hydrogen-bond donors (Lipinski definition) is 0. The maximum absolute atomic E-state index is 12.3. The van der Waals surface area contributed by atoms with E-state index >= 15 is 0 Å². The molecular weight excluding hydrogens is 357 g/mol. The van der Waals surface area contributed by atoms with Gasteiger partial charge in [-0.1, -0.05) is 41.4 Å². The zero-order valence-electron chi connectivity index (χ0n) is 13.5. The Bertz CT molecular complexity index is 956. The second-order valence-electron chi connectivity index (χ2n) is 5.56. The van der Waals surface area contributed by atoms with Crippen molar-refractivity contribution in [3.8, 4) is 0 Å². The van der Waals surface area contributed by atoms with Crippen LogP contribution in [0.25, 0.3) is 17.1 Å². The molecule has 126 valence electrons. The van der Waals surface area contributed by atoms with E-state index < -0.39 is 0 Å². The Balaban J connectivity index is 1.69. The summed E-state index contributed by atoms with van der Waals surface area (Å²) >= 11 is 11.9. The SMILES string of the molecule is CN(Cc1ccc(Cl)c(Cl)c1)C(=O)/C=C/c1cnc2ccccc2n1. The van der Waals surface area contributed by atoms with Gasteiger partial charge in [-0.2, -0.15) is 0 Å². The molecule has 4 nitrogen and oxygen atoms in total. The summed E-state index contributed by atoms with van der Waals surface area (Å²) in [4.78, 5) is 22.6. The maximum atomic E-state index is 12.3. The summed E-state index contributed by atoms with van der Waals surface area (Å²) in [5.74, 6) is -0.138. The van der Waals surface area contributed by atoms with Gasteiger partial charge >= 0.3 is 0 Å². The van der Waals surface area contributed by atoms with Crippen LogP contribution in [0, 0.1) is 0 Å². The molecule has 0 bridgehead atoms. The summed E-state index contributed by atoms with van der Waals surface area (Å²) in [7, 11) is 1.72. The molecule has 1 heterocycles. The van der Waals surface area contributed by atoms with Crippen LogP contribution < -0.4 is 0 Å². The minimum absolute atomic E-state index is 0.138. The highest BCUT2D eigenvalue weighted by molar-refractivity contribution is 6.42. The molecule has 0 aliphatic carbocycles. The molecule has 1 amide bonds. The number of amides is 1. The molecule has 2 aromatic carbocycles. The predicted molar refractivity (Wildman–Crippen MR) is 102 cm³/mol. The van der Waals surface area contributed by atoms with Crippen molar-refractivity contribution in [2.24, 2.45) is 0 Å². The van der Waals surface area contributed by atoms with Crippen LogP contribution in [-0.2, 0) is 11.3 Å². The molecule has 0 aliphatic rings. The Morgan fingerprint density at radius 1 is 1.12 bits per heavy atom. The van der Waals surface area contributed by atoms with Crippen molar-refractivity contribution in [3.63, 3.8) is 0 Å². The largest absolute Gasteiger partial charge is 0.338 e. The van der Waals surface area contributed by atoms with Gasteiger partial charge in [0.25, 0.3) is 0 Å². The number of halogens is 2. The van der Waals surface area contributed by atoms with Gasteiger partial charge in [0, 0.05) is 19.7 Å². The molecule has 0 aliphatic heterocycles. The van der Waals surface area contributed by atoms with Crippen LogP contribution in [0.1, 0.15) is 11.3 Å². The lowest BCUT2D eigenvalue weighted by Crippen LogP contribution is -2.24. The van der Waals surface area contributed by atoms with E-state index in [2.05, 4.69) is 9.97 Å². The molecule has 0 saturated heterocycles. The highest BCUT2D eigenvalue weighted by Crippen LogP contribution is 2.23. The van der Waals surface area contributed by atoms with Gasteiger partial charge in [-0.3, -0.25) is 9.78 Å². The number of carbonyl (C=O) groups excluding carboxylic acids is 1. The van der Waals surface area contributed by atoms with E-state index in [0.29, 0.717) is 22.3 Å². The van der Waals surface area contributed by atoms with Gasteiger partial charge in [-0.25, -0.2) is 4.98 Å². The smallest absolute Gasteiger partial charge is 0.246 e. The van der Waals surface area contributed by atoms with Crippen LogP contribution in [0.4, 0.5) is 0 Å². The number of para-hydroxylation sites is 2. The molecule has 0 radical (unpaired) electrons. The third-order valence-corrected chi connectivity index (χ3v) is 4.38. The van der Waals surface area contributed by atoms with E-state index in [9.17, 15) is 4.79 Å². The number of benzene rings is 2. The van der Waals surface area contributed by atoms with Crippen molar-refractivity contribution < 1.29 is 4.79 Å². The van der Waals surface area contributed by atoms with E-state index in [4.69, 9.17) is 23.2 Å². The average molecular weight is 372 g/mol. The van der Waals surface area contributed by atoms with Gasteiger partial charge in [0.15, 0.2) is 0 Å². The number of fused-ring (bicyclic) bond motifs is 1. The van der Waals surface area contributed by atoms with Crippen LogP contribution in [0.3, 0.4) is 0 Å². The van der Waals surface area contributed by atoms with Crippen LogP contribution >= 0.6 is 23.2 Å². The number of aromatic nitrogens is 2. The minimum Gasteiger partial charge on any atom is -0.338 e. The first-order chi connectivity index (χ1) is 12.0. The summed E-state index contributed by atoms with van der Waals surface area (Å²) in [6.45, 7) is 0.434. The fraction of sp³-hybridized carbons (Fsp3) is 0.105. The minimum atomic E-state index is -0.138. The van der Waals surface area contributed by atoms with Gasteiger partial charge in [-0.05, 0) is 35.9 Å². The third-order valence-electron chi connectivity index (χ3n) is 3.64. The molecule has 1 aromatic heterocycles. The number of hydrogen-bond acceptors (Lipinski definition) is 3. The highest BCUT2D eigenvalue weighted by Gasteiger charge is 2.07. The Kier molecular flexibility index (Phi) is 5.31. The van der Waals surface area contributed by atoms with Crippen molar-refractivity contribution in [2.45, 2.75) is 6.54 Å². The molecule has 0 fully saturated rings. The Morgan fingerprint density at radius 3 is 2.64 bits per heavy atom. The molecule has 0 spiro atoms. The van der Waals surface area contributed by atoms with Crippen molar-refractivity contribution in [3.05, 3.63) is 76.0 Å². The fourth-order valence-corrected chi connectivity index (χ4v) is 2.65. The van der Waals surface area contributed by atoms with E-state index in [-0.39, 0.29) is 5.91 Å². The number of likely N-dealkylation sites (N-methyl/N-ethyl adjacent to an activating group) is 1. The second-order valence-corrected chi connectivity index (χ2v) is 6.37. The highest BCUT2D eigenvalue weighted by atomic mass is 35.5. The zero-order valence-corrected chi connectivity index (χ0v) is 15.0. The van der Waals surface area contributed by atoms with E-state index in [0.717, 1.165) is 16.6 Å². The second kappa shape index (κ2) is 7.64.